The summed E-state index contributed by atoms with van der Waals surface area (Å²) in [6, 6.07) is 22.5. The first kappa shape index (κ1) is 56.6. The number of nitrogens with one attached hydrogen (secondary N) is 4. The SMILES string of the molecule is CCC.CCCC[C@H](C)c1ncc(-c2ccc(C)c(/C=C(\C)c3ccc(-c4cnc(CN(CCC)C(=O)CNC(=O)OC)[nH]4)cc3O[C@H](C)c3ccccc3)c2)[nH]1.COC(=O)NC(C(C)=O)C(C)C. The Hall–Kier alpha value is -6.70. The van der Waals surface area contributed by atoms with Gasteiger partial charge in [-0.3, -0.25) is 9.59 Å². The number of rotatable bonds is 20. The van der Waals surface area contributed by atoms with Crippen LogP contribution in [0.25, 0.3) is 34.2 Å². The molecule has 69 heavy (non-hydrogen) atoms. The Bertz CT molecular complexity index is 2410. The molecule has 0 fully saturated rings. The van der Waals surface area contributed by atoms with E-state index in [1.165, 1.54) is 46.0 Å². The van der Waals surface area contributed by atoms with Crippen molar-refractivity contribution in [3.8, 4) is 28.3 Å². The number of ether oxygens (including phenoxy) is 3. The molecule has 0 spiro atoms. The highest BCUT2D eigenvalue weighted by Crippen LogP contribution is 2.36. The van der Waals surface area contributed by atoms with Crippen LogP contribution in [0, 0.1) is 12.8 Å². The number of H-pyrrole nitrogens is 2. The molecular formula is C55H77N7O7. The third-order valence-corrected chi connectivity index (χ3v) is 11.3. The average molecular weight is 948 g/mol. The van der Waals surface area contributed by atoms with Crippen LogP contribution in [0.2, 0.25) is 0 Å². The van der Waals surface area contributed by atoms with E-state index in [2.05, 4.69) is 132 Å². The maximum absolute atomic E-state index is 12.9. The number of allylic oxidation sites excluding steroid dienone is 1. The van der Waals surface area contributed by atoms with E-state index in [1.807, 2.05) is 51.2 Å². The number of nitrogens with zero attached hydrogens (tertiary/aromatic N) is 3. The molecule has 0 aliphatic heterocycles. The summed E-state index contributed by atoms with van der Waals surface area (Å²) in [5.74, 6) is 2.62. The normalized spacial score (nSPS) is 12.3. The van der Waals surface area contributed by atoms with Gasteiger partial charge in [-0.1, -0.05) is 128 Å². The number of aromatic amines is 2. The van der Waals surface area contributed by atoms with Crippen LogP contribution in [-0.4, -0.2) is 82.1 Å². The molecule has 0 aliphatic rings. The van der Waals surface area contributed by atoms with Crippen molar-refractivity contribution < 1.29 is 33.4 Å². The van der Waals surface area contributed by atoms with Crippen LogP contribution in [0.5, 0.6) is 5.75 Å². The minimum Gasteiger partial charge on any atom is -0.485 e. The van der Waals surface area contributed by atoms with Gasteiger partial charge in [0.05, 0.1) is 50.6 Å². The number of hydrogen-bond acceptors (Lipinski definition) is 9. The highest BCUT2D eigenvalue weighted by atomic mass is 16.5. The van der Waals surface area contributed by atoms with Gasteiger partial charge in [-0.15, -0.1) is 0 Å². The van der Waals surface area contributed by atoms with Gasteiger partial charge in [0.25, 0.3) is 0 Å². The number of carbonyl (C=O) groups is 4. The van der Waals surface area contributed by atoms with Crippen molar-refractivity contribution in [2.24, 2.45) is 5.92 Å². The average Bonchev–Trinajstić information content (AvgIpc) is 4.04. The summed E-state index contributed by atoms with van der Waals surface area (Å²) in [6.45, 7) is 22.8. The second-order valence-corrected chi connectivity index (χ2v) is 17.6. The van der Waals surface area contributed by atoms with E-state index in [9.17, 15) is 19.2 Å². The number of hydrogen-bond donors (Lipinski definition) is 4. The van der Waals surface area contributed by atoms with Gasteiger partial charge >= 0.3 is 12.2 Å². The lowest BCUT2D eigenvalue weighted by Crippen LogP contribution is -2.43. The highest BCUT2D eigenvalue weighted by Gasteiger charge is 2.21. The van der Waals surface area contributed by atoms with E-state index < -0.39 is 18.2 Å². The summed E-state index contributed by atoms with van der Waals surface area (Å²) in [5, 5.41) is 4.92. The van der Waals surface area contributed by atoms with Gasteiger partial charge in [0, 0.05) is 29.2 Å². The van der Waals surface area contributed by atoms with E-state index in [0.717, 1.165) is 69.2 Å². The quantitative estimate of drug-likeness (QED) is 0.0552. The largest absolute Gasteiger partial charge is 0.485 e. The minimum atomic E-state index is -0.646. The second-order valence-electron chi connectivity index (χ2n) is 17.6. The smallest absolute Gasteiger partial charge is 0.407 e. The molecule has 0 saturated carbocycles. The molecule has 2 aromatic heterocycles. The van der Waals surface area contributed by atoms with E-state index in [0.29, 0.717) is 18.3 Å². The first-order chi connectivity index (χ1) is 33.0. The highest BCUT2D eigenvalue weighted by molar-refractivity contribution is 5.86. The number of carbonyl (C=O) groups excluding carboxylic acids is 4. The lowest BCUT2D eigenvalue weighted by Gasteiger charge is -2.21. The van der Waals surface area contributed by atoms with Crippen molar-refractivity contribution >= 4 is 35.5 Å². The number of Topliss-reactive ketones (excluding diaryl/α,β-unsaturated/α-hetero) is 1. The third kappa shape index (κ3) is 18.0. The summed E-state index contributed by atoms with van der Waals surface area (Å²) in [7, 11) is 2.54. The second kappa shape index (κ2) is 29.2. The van der Waals surface area contributed by atoms with Gasteiger partial charge in [-0.05, 0) is 80.9 Å². The maximum atomic E-state index is 12.9. The van der Waals surface area contributed by atoms with Gasteiger partial charge < -0.3 is 39.7 Å². The number of aromatic nitrogens is 4. The summed E-state index contributed by atoms with van der Waals surface area (Å²) in [5.41, 5.74) is 9.25. The van der Waals surface area contributed by atoms with Crippen molar-refractivity contribution in [3.05, 3.63) is 113 Å². The predicted molar refractivity (Wildman–Crippen MR) is 277 cm³/mol. The molecule has 0 saturated heterocycles. The third-order valence-electron chi connectivity index (χ3n) is 11.3. The fourth-order valence-electron chi connectivity index (χ4n) is 7.34. The Labute approximate surface area is 410 Å². The van der Waals surface area contributed by atoms with Gasteiger partial charge in [0.2, 0.25) is 5.91 Å². The number of aryl methyl sites for hydroxylation is 1. The van der Waals surface area contributed by atoms with Crippen molar-refractivity contribution in [1.82, 2.24) is 35.5 Å². The molecular weight excluding hydrogens is 871 g/mol. The van der Waals surface area contributed by atoms with Gasteiger partial charge in [-0.25, -0.2) is 19.6 Å². The van der Waals surface area contributed by atoms with Crippen molar-refractivity contribution in [1.29, 1.82) is 0 Å². The van der Waals surface area contributed by atoms with Crippen LogP contribution >= 0.6 is 0 Å². The Morgan fingerprint density at radius 1 is 0.797 bits per heavy atom. The van der Waals surface area contributed by atoms with Crippen molar-refractivity contribution in [2.75, 3.05) is 27.3 Å². The van der Waals surface area contributed by atoms with Crippen LogP contribution in [-0.2, 0) is 25.6 Å². The molecule has 0 radical (unpaired) electrons. The molecule has 2 heterocycles. The van der Waals surface area contributed by atoms with Gasteiger partial charge in [0.1, 0.15) is 30.0 Å². The molecule has 3 atom stereocenters. The zero-order valence-corrected chi connectivity index (χ0v) is 43.2. The number of benzene rings is 3. The minimum absolute atomic E-state index is 0.0598. The molecule has 0 aliphatic carbocycles. The number of imidazole rings is 2. The van der Waals surface area contributed by atoms with Gasteiger partial charge in [0.15, 0.2) is 5.78 Å². The van der Waals surface area contributed by atoms with Crippen LogP contribution in [0.15, 0.2) is 79.1 Å². The summed E-state index contributed by atoms with van der Waals surface area (Å²) >= 11 is 0. The topological polar surface area (TPSA) is 181 Å². The molecule has 4 N–H and O–H groups in total. The first-order valence-electron chi connectivity index (χ1n) is 24.2. The zero-order chi connectivity index (χ0) is 51.0. The van der Waals surface area contributed by atoms with Crippen LogP contribution in [0.1, 0.15) is 147 Å². The molecule has 3 amide bonds. The molecule has 14 nitrogen and oxygen atoms in total. The van der Waals surface area contributed by atoms with Crippen molar-refractivity contribution in [2.45, 2.75) is 133 Å². The molecule has 0 bridgehead atoms. The summed E-state index contributed by atoms with van der Waals surface area (Å²) < 4.78 is 15.7. The Kier molecular flexibility index (Phi) is 24.0. The monoisotopic (exact) mass is 948 g/mol. The fourth-order valence-corrected chi connectivity index (χ4v) is 7.34. The molecule has 3 aromatic carbocycles. The molecule has 5 rings (SSSR count). The van der Waals surface area contributed by atoms with Crippen molar-refractivity contribution in [3.63, 3.8) is 0 Å². The Morgan fingerprint density at radius 3 is 2.06 bits per heavy atom. The number of methoxy groups -OCH3 is 2. The lowest BCUT2D eigenvalue weighted by molar-refractivity contribution is -0.131. The molecule has 5 aromatic rings. The van der Waals surface area contributed by atoms with Crippen LogP contribution in [0.3, 0.4) is 0 Å². The lowest BCUT2D eigenvalue weighted by atomic mass is 9.97. The number of alkyl carbamates (subject to hydrolysis) is 2. The number of unbranched alkanes of at least 4 members (excludes halogenated alkanes) is 1. The zero-order valence-electron chi connectivity index (χ0n) is 43.2. The first-order valence-corrected chi connectivity index (χ1v) is 24.2. The van der Waals surface area contributed by atoms with Gasteiger partial charge in [-0.2, -0.15) is 0 Å². The molecule has 14 heteroatoms. The number of amides is 3. The van der Waals surface area contributed by atoms with Crippen LogP contribution < -0.4 is 15.4 Å². The van der Waals surface area contributed by atoms with E-state index in [1.54, 1.807) is 11.1 Å². The molecule has 374 valence electrons. The predicted octanol–water partition coefficient (Wildman–Crippen LogP) is 12.2. The van der Waals surface area contributed by atoms with E-state index in [4.69, 9.17) is 9.72 Å². The van der Waals surface area contributed by atoms with Crippen LogP contribution in [0.4, 0.5) is 9.59 Å². The fraction of sp³-hybridized carbons (Fsp3) is 0.455. The Morgan fingerprint density at radius 2 is 1.43 bits per heavy atom. The maximum Gasteiger partial charge on any atom is 0.407 e. The molecule has 1 unspecified atom stereocenters. The summed E-state index contributed by atoms with van der Waals surface area (Å²) in [6.07, 6.45) is 10.0. The van der Waals surface area contributed by atoms with E-state index in [-0.39, 0.29) is 36.8 Å². The number of ketones is 1. The standard InChI is InChI=1S/C44H54N6O4.C8H15NO3.C3H8/c1-8-10-14-30(4)43-46-26-39(49-43)34-18-17-29(3)36(23-34)22-31(5)37-20-19-35(24-40(37)54-32(6)33-15-12-11-13-16-33)38-25-45-41(48-38)28-50(21-9-2)42(51)27-47-44(52)53-7;1-5(2)7(6(3)10)9-8(11)12-4;1-3-2/h11-13,15-20,22-26,30,32H,8-10,14,21,27-28H2,1-7H3,(H,45,48)(H,46,49)(H,47,52);5,7H,1-4H3,(H,9,11);3H2,1-2H3/b31-22+;;/t30-,32+;;/m0../s1. The Balaban J connectivity index is 0.000000726. The summed E-state index contributed by atoms with van der Waals surface area (Å²) in [4.78, 5) is 64.1. The van der Waals surface area contributed by atoms with E-state index >= 15 is 0 Å².